The van der Waals surface area contributed by atoms with E-state index in [4.69, 9.17) is 0 Å². The Hall–Kier alpha value is -2.62. The molecule has 2 aromatic carbocycles. The number of halogens is 1. The van der Waals surface area contributed by atoms with Crippen LogP contribution < -0.4 is 0 Å². The highest BCUT2D eigenvalue weighted by molar-refractivity contribution is 6.01. The molecular formula is C23H25FN2O. The predicted molar refractivity (Wildman–Crippen MR) is 106 cm³/mol. The van der Waals surface area contributed by atoms with Crippen molar-refractivity contribution in [2.45, 2.75) is 45.6 Å². The van der Waals surface area contributed by atoms with E-state index in [9.17, 15) is 9.18 Å². The van der Waals surface area contributed by atoms with Crippen LogP contribution in [0.5, 0.6) is 0 Å². The first-order valence-electron chi connectivity index (χ1n) is 9.70. The van der Waals surface area contributed by atoms with E-state index in [1.165, 1.54) is 11.6 Å². The van der Waals surface area contributed by atoms with E-state index in [1.54, 1.807) is 12.1 Å². The third-order valence-corrected chi connectivity index (χ3v) is 5.67. The maximum absolute atomic E-state index is 13.8. The lowest BCUT2D eigenvalue weighted by Gasteiger charge is -2.30. The number of benzene rings is 2. The zero-order chi connectivity index (χ0) is 19.0. The molecule has 0 aliphatic carbocycles. The van der Waals surface area contributed by atoms with Crippen LogP contribution in [0, 0.1) is 19.7 Å². The molecule has 2 heterocycles. The van der Waals surface area contributed by atoms with E-state index in [0.717, 1.165) is 47.7 Å². The topological polar surface area (TPSA) is 36.1 Å². The van der Waals surface area contributed by atoms with Crippen LogP contribution in [0.2, 0.25) is 0 Å². The fraction of sp³-hybridized carbons (Fsp3) is 0.348. The average Bonchev–Trinajstić information content (AvgIpc) is 2.84. The number of carbonyl (C=O) groups excluding carboxylic acids is 1. The molecule has 0 spiro atoms. The lowest BCUT2D eigenvalue weighted by Crippen LogP contribution is -2.35. The Morgan fingerprint density at radius 3 is 2.78 bits per heavy atom. The summed E-state index contributed by atoms with van der Waals surface area (Å²) in [6.45, 7) is 4.76. The Bertz CT molecular complexity index is 991. The van der Waals surface area contributed by atoms with Crippen LogP contribution in [0.1, 0.15) is 58.9 Å². The van der Waals surface area contributed by atoms with Crippen molar-refractivity contribution in [1.82, 2.24) is 9.88 Å². The van der Waals surface area contributed by atoms with Gasteiger partial charge in [0.2, 0.25) is 0 Å². The van der Waals surface area contributed by atoms with Gasteiger partial charge in [0.25, 0.3) is 5.91 Å². The summed E-state index contributed by atoms with van der Waals surface area (Å²) < 4.78 is 13.8. The maximum atomic E-state index is 13.8. The van der Waals surface area contributed by atoms with Gasteiger partial charge in [-0.3, -0.25) is 4.79 Å². The van der Waals surface area contributed by atoms with Crippen LogP contribution in [0.4, 0.5) is 4.39 Å². The number of aromatic amines is 1. The molecule has 0 radical (unpaired) electrons. The summed E-state index contributed by atoms with van der Waals surface area (Å²) in [4.78, 5) is 18.8. The third-order valence-electron chi connectivity index (χ3n) is 5.67. The van der Waals surface area contributed by atoms with Gasteiger partial charge in [-0.1, -0.05) is 36.6 Å². The largest absolute Gasteiger partial charge is 0.350 e. The van der Waals surface area contributed by atoms with Gasteiger partial charge < -0.3 is 9.88 Å². The molecule has 1 saturated heterocycles. The second-order valence-corrected chi connectivity index (χ2v) is 7.59. The molecule has 1 aromatic heterocycles. The smallest absolute Gasteiger partial charge is 0.271 e. The fourth-order valence-corrected chi connectivity index (χ4v) is 4.21. The molecule has 1 aliphatic heterocycles. The summed E-state index contributed by atoms with van der Waals surface area (Å²) in [5.74, 6) is -0.237. The van der Waals surface area contributed by atoms with Crippen molar-refractivity contribution >= 4 is 16.8 Å². The van der Waals surface area contributed by atoms with E-state index >= 15 is 0 Å². The van der Waals surface area contributed by atoms with Gasteiger partial charge in [0.15, 0.2) is 0 Å². The van der Waals surface area contributed by atoms with Crippen molar-refractivity contribution in [3.63, 3.8) is 0 Å². The molecule has 4 rings (SSSR count). The van der Waals surface area contributed by atoms with Gasteiger partial charge in [0, 0.05) is 17.4 Å². The lowest BCUT2D eigenvalue weighted by molar-refractivity contribution is 0.0674. The standard InChI is InChI=1S/C23H25FN2O/c1-15-10-11-20-19(13-15)16(2)22(25-20)23(27)26-12-5-3-4-9-21(26)17-7-6-8-18(24)14-17/h6-8,10-11,13-14,21,25H,3-5,9,12H2,1-2H3/t21-/m0/s1. The molecule has 3 aromatic rings. The number of nitrogens with zero attached hydrogens (tertiary/aromatic N) is 1. The highest BCUT2D eigenvalue weighted by Gasteiger charge is 2.29. The van der Waals surface area contributed by atoms with E-state index < -0.39 is 0 Å². The number of hydrogen-bond donors (Lipinski definition) is 1. The maximum Gasteiger partial charge on any atom is 0.271 e. The van der Waals surface area contributed by atoms with Crippen LogP contribution in [-0.4, -0.2) is 22.3 Å². The number of rotatable bonds is 2. The normalized spacial score (nSPS) is 17.9. The monoisotopic (exact) mass is 364 g/mol. The molecule has 1 atom stereocenters. The first-order chi connectivity index (χ1) is 13.0. The number of nitrogens with one attached hydrogen (secondary N) is 1. The minimum absolute atomic E-state index is 0.0116. The van der Waals surface area contributed by atoms with Crippen molar-refractivity contribution in [2.24, 2.45) is 0 Å². The number of amides is 1. The zero-order valence-corrected chi connectivity index (χ0v) is 15.9. The highest BCUT2D eigenvalue weighted by Crippen LogP contribution is 2.33. The number of carbonyl (C=O) groups is 1. The predicted octanol–water partition coefficient (Wildman–Crippen LogP) is 5.68. The highest BCUT2D eigenvalue weighted by atomic mass is 19.1. The summed E-state index contributed by atoms with van der Waals surface area (Å²) in [6.07, 6.45) is 4.00. The molecule has 27 heavy (non-hydrogen) atoms. The molecule has 1 N–H and O–H groups in total. The molecule has 1 aliphatic rings. The zero-order valence-electron chi connectivity index (χ0n) is 15.9. The summed E-state index contributed by atoms with van der Waals surface area (Å²) in [5.41, 5.74) is 4.68. The Morgan fingerprint density at radius 1 is 1.11 bits per heavy atom. The summed E-state index contributed by atoms with van der Waals surface area (Å²) >= 11 is 0. The van der Waals surface area contributed by atoms with Gasteiger partial charge in [-0.2, -0.15) is 0 Å². The van der Waals surface area contributed by atoms with Crippen molar-refractivity contribution < 1.29 is 9.18 Å². The van der Waals surface area contributed by atoms with Crippen LogP contribution in [0.3, 0.4) is 0 Å². The third kappa shape index (κ3) is 3.36. The van der Waals surface area contributed by atoms with Gasteiger partial charge in [0.1, 0.15) is 11.5 Å². The number of aromatic nitrogens is 1. The number of likely N-dealkylation sites (tertiary alicyclic amines) is 1. The molecule has 0 unspecified atom stereocenters. The van der Waals surface area contributed by atoms with Gasteiger partial charge in [0.05, 0.1) is 6.04 Å². The van der Waals surface area contributed by atoms with Crippen LogP contribution >= 0.6 is 0 Å². The van der Waals surface area contributed by atoms with Crippen LogP contribution in [0.25, 0.3) is 10.9 Å². The van der Waals surface area contributed by atoms with E-state index in [1.807, 2.05) is 30.0 Å². The quantitative estimate of drug-likeness (QED) is 0.624. The molecule has 4 heteroatoms. The molecule has 0 saturated carbocycles. The minimum atomic E-state index is -0.249. The second-order valence-electron chi connectivity index (χ2n) is 7.59. The number of H-pyrrole nitrogens is 1. The van der Waals surface area contributed by atoms with Gasteiger partial charge in [-0.15, -0.1) is 0 Å². The van der Waals surface area contributed by atoms with Crippen LogP contribution in [0.15, 0.2) is 42.5 Å². The van der Waals surface area contributed by atoms with Crippen molar-refractivity contribution in [1.29, 1.82) is 0 Å². The summed E-state index contributed by atoms with van der Waals surface area (Å²) in [7, 11) is 0. The Balaban J connectivity index is 1.74. The molecule has 3 nitrogen and oxygen atoms in total. The fourth-order valence-electron chi connectivity index (χ4n) is 4.21. The first-order valence-corrected chi connectivity index (χ1v) is 9.70. The molecule has 0 bridgehead atoms. The molecule has 1 amide bonds. The Labute approximate surface area is 159 Å². The SMILES string of the molecule is Cc1ccc2[nH]c(C(=O)N3CCCCC[C@H]3c3cccc(F)c3)c(C)c2c1. The Kier molecular flexibility index (Phi) is 4.73. The summed E-state index contributed by atoms with van der Waals surface area (Å²) in [6, 6.07) is 12.8. The lowest BCUT2D eigenvalue weighted by atomic mass is 10.00. The number of aryl methyl sites for hydroxylation is 2. The van der Waals surface area contributed by atoms with Gasteiger partial charge in [-0.25, -0.2) is 4.39 Å². The van der Waals surface area contributed by atoms with E-state index in [-0.39, 0.29) is 17.8 Å². The van der Waals surface area contributed by atoms with Crippen molar-refractivity contribution in [2.75, 3.05) is 6.54 Å². The first kappa shape index (κ1) is 17.8. The van der Waals surface area contributed by atoms with Gasteiger partial charge in [-0.05, 0) is 62.1 Å². The Morgan fingerprint density at radius 2 is 1.96 bits per heavy atom. The molecular weight excluding hydrogens is 339 g/mol. The minimum Gasteiger partial charge on any atom is -0.350 e. The molecule has 1 fully saturated rings. The van der Waals surface area contributed by atoms with E-state index in [0.29, 0.717) is 12.2 Å². The van der Waals surface area contributed by atoms with Crippen LogP contribution in [-0.2, 0) is 0 Å². The summed E-state index contributed by atoms with van der Waals surface area (Å²) in [5, 5.41) is 1.09. The average molecular weight is 364 g/mol. The van der Waals surface area contributed by atoms with Crippen molar-refractivity contribution in [3.8, 4) is 0 Å². The van der Waals surface area contributed by atoms with Gasteiger partial charge >= 0.3 is 0 Å². The number of hydrogen-bond acceptors (Lipinski definition) is 1. The molecule has 140 valence electrons. The van der Waals surface area contributed by atoms with Crippen molar-refractivity contribution in [3.05, 3.63) is 70.7 Å². The second kappa shape index (κ2) is 7.18. The van der Waals surface area contributed by atoms with E-state index in [2.05, 4.69) is 18.0 Å². The number of fused-ring (bicyclic) bond motifs is 1.